The van der Waals surface area contributed by atoms with Crippen LogP contribution in [0.1, 0.15) is 0 Å². The van der Waals surface area contributed by atoms with Crippen molar-refractivity contribution in [3.63, 3.8) is 0 Å². The van der Waals surface area contributed by atoms with Crippen LogP contribution in [0.5, 0.6) is 0 Å². The Bertz CT molecular complexity index is 1090. The number of nitrogens with zero attached hydrogens (tertiary/aromatic N) is 3. The summed E-state index contributed by atoms with van der Waals surface area (Å²) in [6.07, 6.45) is 0. The van der Waals surface area contributed by atoms with Crippen molar-refractivity contribution in [1.29, 1.82) is 0 Å². The summed E-state index contributed by atoms with van der Waals surface area (Å²) in [5.74, 6) is 0. The number of aliphatic imine (C=N–C) groups is 3. The second-order valence-corrected chi connectivity index (χ2v) is 7.59. The molecule has 7 rings (SSSR count). The minimum absolute atomic E-state index is 0.161. The van der Waals surface area contributed by atoms with Gasteiger partial charge in [0.15, 0.2) is 0 Å². The van der Waals surface area contributed by atoms with E-state index in [0.29, 0.717) is 0 Å². The summed E-state index contributed by atoms with van der Waals surface area (Å²) in [4.78, 5) is 15.3. The number of benzene rings is 3. The average Bonchev–Trinajstić information content (AvgIpc) is 3.38. The lowest BCUT2D eigenvalue weighted by molar-refractivity contribution is 1.59. The molecule has 6 heteroatoms. The molecule has 0 unspecified atom stereocenters. The van der Waals surface area contributed by atoms with Gasteiger partial charge in [-0.05, 0) is 51.1 Å². The zero-order chi connectivity index (χ0) is 17.5. The minimum Gasteiger partial charge on any atom is -0.276 e. The van der Waals surface area contributed by atoms with Crippen LogP contribution in [0.2, 0.25) is 0 Å². The average molecular weight is 339 g/mol. The highest BCUT2D eigenvalue weighted by molar-refractivity contribution is 7.66. The van der Waals surface area contributed by atoms with E-state index in [-0.39, 0.29) is 20.1 Å². The van der Waals surface area contributed by atoms with Crippen LogP contribution in [0.15, 0.2) is 87.8 Å². The fourth-order valence-corrected chi connectivity index (χ4v) is 5.22. The Labute approximate surface area is 158 Å². The summed E-state index contributed by atoms with van der Waals surface area (Å²) in [5.41, 5.74) is 10.7. The molecule has 27 heavy (non-hydrogen) atoms. The number of hydrogen-bond acceptors (Lipinski definition) is 3. The topological polar surface area (TPSA) is 37.1 Å². The molecule has 0 N–H and O–H groups in total. The molecule has 3 aromatic carbocycles. The predicted octanol–water partition coefficient (Wildman–Crippen LogP) is 1.70. The van der Waals surface area contributed by atoms with Crippen molar-refractivity contribution in [2.45, 2.75) is 0 Å². The molecule has 4 heterocycles. The van der Waals surface area contributed by atoms with Crippen LogP contribution < -0.4 is 16.4 Å². The van der Waals surface area contributed by atoms with Crippen LogP contribution >= 0.6 is 0 Å². The Hall–Kier alpha value is -3.14. The predicted molar refractivity (Wildman–Crippen MR) is 117 cm³/mol. The first-order valence-electron chi connectivity index (χ1n) is 9.42. The molecule has 0 amide bonds. The fraction of sp³-hybridized carbons (Fsp3) is 0. The Morgan fingerprint density at radius 3 is 1.04 bits per heavy atom. The second kappa shape index (κ2) is 4.77. The zero-order valence-corrected chi connectivity index (χ0v) is 14.5. The Kier molecular flexibility index (Phi) is 2.47. The van der Waals surface area contributed by atoms with Crippen LogP contribution in [0.4, 0.5) is 17.1 Å². The van der Waals surface area contributed by atoms with Crippen molar-refractivity contribution >= 4 is 70.1 Å². The molecule has 3 aromatic rings. The molecular weight excluding hydrogens is 327 g/mol. The Balaban J connectivity index is 1.55. The van der Waals surface area contributed by atoms with Gasteiger partial charge in [0, 0.05) is 0 Å². The first-order chi connectivity index (χ1) is 13.4. The van der Waals surface area contributed by atoms with E-state index in [4.69, 9.17) is 15.0 Å². The highest BCUT2D eigenvalue weighted by atomic mass is 14.8. The molecule has 0 spiro atoms. The van der Waals surface area contributed by atoms with Crippen LogP contribution in [0.25, 0.3) is 0 Å². The highest BCUT2D eigenvalue weighted by Gasteiger charge is 2.57. The zero-order valence-electron chi connectivity index (χ0n) is 14.5. The lowest BCUT2D eigenvalue weighted by Crippen LogP contribution is -2.70. The summed E-state index contributed by atoms with van der Waals surface area (Å²) in [6.45, 7) is 0.483. The van der Waals surface area contributed by atoms with Crippen molar-refractivity contribution in [2.24, 2.45) is 15.0 Å². The van der Waals surface area contributed by atoms with Crippen molar-refractivity contribution < 1.29 is 0 Å². The molecule has 120 valence electrons. The third-order valence-electron chi connectivity index (χ3n) is 6.27. The van der Waals surface area contributed by atoms with E-state index in [0.717, 1.165) is 17.1 Å². The van der Waals surface area contributed by atoms with Crippen LogP contribution in [0, 0.1) is 0 Å². The molecule has 0 atom stereocenters. The normalized spacial score (nSPS) is 17.3. The molecule has 0 aliphatic carbocycles. The summed E-state index contributed by atoms with van der Waals surface area (Å²) in [6, 6.07) is 25.5. The van der Waals surface area contributed by atoms with Crippen molar-refractivity contribution in [1.82, 2.24) is 0 Å². The van der Waals surface area contributed by atoms with Gasteiger partial charge < -0.3 is 0 Å². The monoisotopic (exact) mass is 339 g/mol. The lowest BCUT2D eigenvalue weighted by atomic mass is 9.04. The Morgan fingerprint density at radius 2 is 0.704 bits per heavy atom. The molecule has 1 fully saturated rings. The van der Waals surface area contributed by atoms with E-state index in [9.17, 15) is 0 Å². The van der Waals surface area contributed by atoms with Gasteiger partial charge in [-0.15, -0.1) is 0 Å². The summed E-state index contributed by atoms with van der Waals surface area (Å²) in [7, 11) is 0. The highest BCUT2D eigenvalue weighted by Crippen LogP contribution is 2.33. The van der Waals surface area contributed by atoms with E-state index in [1.165, 1.54) is 32.9 Å². The van der Waals surface area contributed by atoms with Crippen LogP contribution in [-0.4, -0.2) is 36.7 Å². The summed E-state index contributed by atoms with van der Waals surface area (Å²) < 4.78 is 0. The molecule has 3 nitrogen and oxygen atoms in total. The van der Waals surface area contributed by atoms with Crippen LogP contribution in [-0.2, 0) is 0 Å². The Morgan fingerprint density at radius 1 is 0.407 bits per heavy atom. The first kappa shape index (κ1) is 14.0. The molecule has 0 radical (unpaired) electrons. The van der Waals surface area contributed by atoms with Gasteiger partial charge in [-0.1, -0.05) is 54.6 Å². The van der Waals surface area contributed by atoms with E-state index in [1.807, 2.05) is 0 Å². The van der Waals surface area contributed by atoms with Crippen LogP contribution in [0.3, 0.4) is 0 Å². The number of fused-ring (bicyclic) bond motifs is 12. The third kappa shape index (κ3) is 1.64. The van der Waals surface area contributed by atoms with Gasteiger partial charge in [0.2, 0.25) is 0 Å². The number of para-hydroxylation sites is 3. The molecule has 0 saturated carbocycles. The summed E-state index contributed by atoms with van der Waals surface area (Å²) >= 11 is 0. The number of rotatable bonds is 0. The quantitative estimate of drug-likeness (QED) is 0.560. The van der Waals surface area contributed by atoms with Crippen molar-refractivity contribution in [2.75, 3.05) is 0 Å². The minimum atomic E-state index is 0.161. The largest absolute Gasteiger partial charge is 0.276 e. The van der Waals surface area contributed by atoms with Crippen molar-refractivity contribution in [3.05, 3.63) is 72.8 Å². The maximum atomic E-state index is 5.09. The standard InChI is InChI=1S/C21H12B3N3/c1-4-10-16-13(7-1)22-19(25-16)23-15-9-3-6-12-18(15)27-21(23)24-14-8-2-5-11-17(14)26-20(22)24/h1-12H. The smallest absolute Gasteiger partial charge is 0.259 e. The molecule has 4 aliphatic rings. The van der Waals surface area contributed by atoms with E-state index in [1.54, 1.807) is 0 Å². The molecule has 0 bridgehead atoms. The van der Waals surface area contributed by atoms with Gasteiger partial charge in [0.1, 0.15) is 0 Å². The lowest BCUT2D eigenvalue weighted by Gasteiger charge is -2.28. The van der Waals surface area contributed by atoms with Crippen molar-refractivity contribution in [3.8, 4) is 0 Å². The molecule has 1 saturated heterocycles. The van der Waals surface area contributed by atoms with E-state index >= 15 is 0 Å². The SMILES string of the molecule is c1ccc2c(c1)N=C1B2C2=Nc3ccccc3B2C2=Nc3ccccc3B12. The van der Waals surface area contributed by atoms with Gasteiger partial charge in [-0.25, -0.2) is 0 Å². The van der Waals surface area contributed by atoms with Gasteiger partial charge >= 0.3 is 0 Å². The second-order valence-electron chi connectivity index (χ2n) is 7.59. The van der Waals surface area contributed by atoms with E-state index < -0.39 is 0 Å². The molecule has 4 aliphatic heterocycles. The summed E-state index contributed by atoms with van der Waals surface area (Å²) in [5, 5.41) is 0. The third-order valence-corrected chi connectivity index (χ3v) is 6.27. The van der Waals surface area contributed by atoms with Gasteiger partial charge in [0.25, 0.3) is 20.1 Å². The van der Waals surface area contributed by atoms with Gasteiger partial charge in [0.05, 0.1) is 17.1 Å². The first-order valence-corrected chi connectivity index (χ1v) is 9.42. The molecule has 0 aromatic heterocycles. The van der Waals surface area contributed by atoms with Gasteiger partial charge in [-0.2, -0.15) is 0 Å². The van der Waals surface area contributed by atoms with Gasteiger partial charge in [-0.3, -0.25) is 15.0 Å². The maximum Gasteiger partial charge on any atom is 0.259 e. The fourth-order valence-electron chi connectivity index (χ4n) is 5.22. The van der Waals surface area contributed by atoms with E-state index in [2.05, 4.69) is 72.8 Å². The number of hydrogen-bond donors (Lipinski definition) is 0. The maximum absolute atomic E-state index is 5.09. The molecular formula is C21H12B3N3.